The first-order chi connectivity index (χ1) is 14.1. The Morgan fingerprint density at radius 2 is 1.59 bits per heavy atom. The lowest BCUT2D eigenvalue weighted by molar-refractivity contribution is 0.0787. The summed E-state index contributed by atoms with van der Waals surface area (Å²) < 4.78 is 27.9. The molecule has 2 aliphatic rings. The standard InChI is InChI=1S/C22H27N3O3S/c26-22(24-16-13-19(17-24)23-18-9-3-1-4-10-18)20-11-5-6-12-21(20)29(27,28)25-14-7-2-8-15-25/h1,3-6,9-12,19,23H,2,7-8,13-17H2. The van der Waals surface area contributed by atoms with Crippen molar-refractivity contribution >= 4 is 21.6 Å². The molecule has 0 aliphatic carbocycles. The van der Waals surface area contributed by atoms with Gasteiger partial charge in [0.15, 0.2) is 0 Å². The molecule has 4 rings (SSSR count). The Labute approximate surface area is 172 Å². The molecule has 0 bridgehead atoms. The van der Waals surface area contributed by atoms with Crippen molar-refractivity contribution in [3.63, 3.8) is 0 Å². The molecule has 1 amide bonds. The van der Waals surface area contributed by atoms with Crippen LogP contribution in [-0.4, -0.2) is 55.8 Å². The zero-order valence-corrected chi connectivity index (χ0v) is 17.3. The Bertz CT molecular complexity index is 956. The Balaban J connectivity index is 1.51. The van der Waals surface area contributed by atoms with Crippen LogP contribution in [0.25, 0.3) is 0 Å². The molecule has 2 aliphatic heterocycles. The van der Waals surface area contributed by atoms with Gasteiger partial charge >= 0.3 is 0 Å². The molecular formula is C22H27N3O3S. The number of para-hydroxylation sites is 1. The molecule has 0 aromatic heterocycles. The van der Waals surface area contributed by atoms with E-state index < -0.39 is 10.0 Å². The minimum atomic E-state index is -3.66. The number of likely N-dealkylation sites (tertiary alicyclic amines) is 1. The van der Waals surface area contributed by atoms with Crippen LogP contribution >= 0.6 is 0 Å². The highest BCUT2D eigenvalue weighted by Gasteiger charge is 2.33. The molecule has 0 saturated carbocycles. The summed E-state index contributed by atoms with van der Waals surface area (Å²) in [5.74, 6) is -0.210. The maximum absolute atomic E-state index is 13.2. The highest BCUT2D eigenvalue weighted by Crippen LogP contribution is 2.26. The summed E-state index contributed by atoms with van der Waals surface area (Å²) in [6, 6.07) is 16.7. The molecule has 1 unspecified atom stereocenters. The Morgan fingerprint density at radius 3 is 2.34 bits per heavy atom. The lowest BCUT2D eigenvalue weighted by atomic mass is 10.2. The van der Waals surface area contributed by atoms with Gasteiger partial charge in [-0.05, 0) is 43.5 Å². The number of hydrogen-bond acceptors (Lipinski definition) is 4. The number of hydrogen-bond donors (Lipinski definition) is 1. The van der Waals surface area contributed by atoms with E-state index in [1.807, 2.05) is 30.3 Å². The first-order valence-electron chi connectivity index (χ1n) is 10.3. The summed E-state index contributed by atoms with van der Waals surface area (Å²) >= 11 is 0. The number of anilines is 1. The number of piperidine rings is 1. The number of nitrogens with one attached hydrogen (secondary N) is 1. The number of carbonyl (C=O) groups excluding carboxylic acids is 1. The molecule has 0 radical (unpaired) electrons. The Morgan fingerprint density at radius 1 is 0.897 bits per heavy atom. The van der Waals surface area contributed by atoms with E-state index >= 15 is 0 Å². The van der Waals surface area contributed by atoms with Gasteiger partial charge in [-0.1, -0.05) is 36.8 Å². The third kappa shape index (κ3) is 4.31. The van der Waals surface area contributed by atoms with Gasteiger partial charge < -0.3 is 10.2 Å². The Kier molecular flexibility index (Phi) is 5.87. The topological polar surface area (TPSA) is 69.7 Å². The minimum Gasteiger partial charge on any atom is -0.380 e. The van der Waals surface area contributed by atoms with E-state index in [0.717, 1.165) is 31.4 Å². The van der Waals surface area contributed by atoms with Crippen LogP contribution in [0.3, 0.4) is 0 Å². The van der Waals surface area contributed by atoms with Crippen molar-refractivity contribution in [3.8, 4) is 0 Å². The molecule has 1 N–H and O–H groups in total. The SMILES string of the molecule is O=C(c1ccccc1S(=O)(=O)N1CCCCC1)N1CCC(Nc2ccccc2)C1. The van der Waals surface area contributed by atoms with Gasteiger partial charge in [-0.25, -0.2) is 8.42 Å². The zero-order chi connectivity index (χ0) is 20.3. The lowest BCUT2D eigenvalue weighted by Crippen LogP contribution is -2.37. The molecule has 7 heteroatoms. The van der Waals surface area contributed by atoms with Gasteiger partial charge in [-0.15, -0.1) is 0 Å². The fourth-order valence-electron chi connectivity index (χ4n) is 4.12. The third-order valence-corrected chi connectivity index (χ3v) is 7.63. The monoisotopic (exact) mass is 413 g/mol. The number of benzene rings is 2. The van der Waals surface area contributed by atoms with Crippen LogP contribution in [0.2, 0.25) is 0 Å². The maximum atomic E-state index is 13.2. The summed E-state index contributed by atoms with van der Waals surface area (Å²) in [6.45, 7) is 2.22. The van der Waals surface area contributed by atoms with Gasteiger partial charge in [0.2, 0.25) is 10.0 Å². The van der Waals surface area contributed by atoms with Crippen molar-refractivity contribution in [3.05, 3.63) is 60.2 Å². The van der Waals surface area contributed by atoms with Gasteiger partial charge in [0, 0.05) is 37.9 Å². The van der Waals surface area contributed by atoms with Crippen molar-refractivity contribution in [1.82, 2.24) is 9.21 Å². The van der Waals surface area contributed by atoms with Crippen molar-refractivity contribution in [2.45, 2.75) is 36.6 Å². The predicted octanol–water partition coefficient (Wildman–Crippen LogP) is 3.19. The first-order valence-corrected chi connectivity index (χ1v) is 11.7. The molecule has 29 heavy (non-hydrogen) atoms. The van der Waals surface area contributed by atoms with Crippen LogP contribution in [0.1, 0.15) is 36.0 Å². The van der Waals surface area contributed by atoms with Crippen LogP contribution in [0.5, 0.6) is 0 Å². The number of nitrogens with zero attached hydrogens (tertiary/aromatic N) is 2. The van der Waals surface area contributed by atoms with Crippen LogP contribution in [0.15, 0.2) is 59.5 Å². The fraction of sp³-hybridized carbons (Fsp3) is 0.409. The first kappa shape index (κ1) is 19.9. The van der Waals surface area contributed by atoms with Crippen LogP contribution in [-0.2, 0) is 10.0 Å². The summed E-state index contributed by atoms with van der Waals surface area (Å²) in [4.78, 5) is 15.1. The highest BCUT2D eigenvalue weighted by molar-refractivity contribution is 7.89. The van der Waals surface area contributed by atoms with E-state index in [4.69, 9.17) is 0 Å². The minimum absolute atomic E-state index is 0.131. The molecular weight excluding hydrogens is 386 g/mol. The normalized spacial score (nSPS) is 20.6. The Hall–Kier alpha value is -2.38. The van der Waals surface area contributed by atoms with Gasteiger partial charge in [0.1, 0.15) is 0 Å². The van der Waals surface area contributed by atoms with E-state index in [0.29, 0.717) is 26.2 Å². The van der Waals surface area contributed by atoms with Crippen molar-refractivity contribution in [1.29, 1.82) is 0 Å². The van der Waals surface area contributed by atoms with Crippen LogP contribution < -0.4 is 5.32 Å². The second kappa shape index (κ2) is 8.55. The molecule has 0 spiro atoms. The summed E-state index contributed by atoms with van der Waals surface area (Å²) in [5, 5.41) is 3.45. The smallest absolute Gasteiger partial charge is 0.255 e. The highest BCUT2D eigenvalue weighted by atomic mass is 32.2. The van der Waals surface area contributed by atoms with E-state index in [1.165, 1.54) is 4.31 Å². The van der Waals surface area contributed by atoms with Crippen molar-refractivity contribution < 1.29 is 13.2 Å². The second-order valence-corrected chi connectivity index (χ2v) is 9.61. The molecule has 1 atom stereocenters. The second-order valence-electron chi connectivity index (χ2n) is 7.71. The number of carbonyl (C=O) groups is 1. The summed E-state index contributed by atoms with van der Waals surface area (Å²) in [6.07, 6.45) is 3.63. The quantitative estimate of drug-likeness (QED) is 0.817. The summed E-state index contributed by atoms with van der Waals surface area (Å²) in [7, 11) is -3.66. The van der Waals surface area contributed by atoms with Crippen molar-refractivity contribution in [2.24, 2.45) is 0 Å². The third-order valence-electron chi connectivity index (χ3n) is 5.67. The summed E-state index contributed by atoms with van der Waals surface area (Å²) in [5.41, 5.74) is 1.30. The largest absolute Gasteiger partial charge is 0.380 e. The van der Waals surface area contributed by atoms with Crippen molar-refractivity contribution in [2.75, 3.05) is 31.5 Å². The number of rotatable bonds is 5. The molecule has 2 saturated heterocycles. The molecule has 154 valence electrons. The van der Waals surface area contributed by atoms with E-state index in [9.17, 15) is 13.2 Å². The lowest BCUT2D eigenvalue weighted by Gasteiger charge is -2.27. The number of sulfonamides is 1. The van der Waals surface area contributed by atoms with Crippen LogP contribution in [0.4, 0.5) is 5.69 Å². The van der Waals surface area contributed by atoms with E-state index in [2.05, 4.69) is 5.32 Å². The number of amides is 1. The fourth-order valence-corrected chi connectivity index (χ4v) is 5.82. The van der Waals surface area contributed by atoms with Gasteiger partial charge in [0.25, 0.3) is 5.91 Å². The molecule has 2 aromatic carbocycles. The van der Waals surface area contributed by atoms with E-state index in [1.54, 1.807) is 29.2 Å². The van der Waals surface area contributed by atoms with E-state index in [-0.39, 0.29) is 22.4 Å². The predicted molar refractivity (Wildman–Crippen MR) is 113 cm³/mol. The maximum Gasteiger partial charge on any atom is 0.255 e. The van der Waals surface area contributed by atoms with Gasteiger partial charge in [0.05, 0.1) is 10.5 Å². The average molecular weight is 414 g/mol. The molecule has 2 fully saturated rings. The van der Waals surface area contributed by atoms with Gasteiger partial charge in [-0.3, -0.25) is 4.79 Å². The van der Waals surface area contributed by atoms with Gasteiger partial charge in [-0.2, -0.15) is 4.31 Å². The molecule has 2 aromatic rings. The zero-order valence-electron chi connectivity index (χ0n) is 16.5. The van der Waals surface area contributed by atoms with Crippen LogP contribution in [0, 0.1) is 0 Å². The molecule has 6 nitrogen and oxygen atoms in total. The average Bonchev–Trinajstić information content (AvgIpc) is 3.23. The molecule has 2 heterocycles.